The number of benzene rings is 1. The average molecular weight is 248 g/mol. The smallest absolute Gasteiger partial charge is 0.0443 e. The molecule has 1 aliphatic rings. The molecular formula is C15H24N2O. The summed E-state index contributed by atoms with van der Waals surface area (Å²) in [5, 5.41) is 8.90. The predicted octanol–water partition coefficient (Wildman–Crippen LogP) is 1.89. The second-order valence-corrected chi connectivity index (χ2v) is 5.24. The minimum atomic E-state index is 0.297. The Labute approximate surface area is 110 Å². The summed E-state index contributed by atoms with van der Waals surface area (Å²) in [5.74, 6) is 0. The molecule has 1 atom stereocenters. The molecule has 2 rings (SSSR count). The lowest BCUT2D eigenvalue weighted by Gasteiger charge is -2.41. The van der Waals surface area contributed by atoms with Crippen molar-refractivity contribution in [3.63, 3.8) is 0 Å². The molecular weight excluding hydrogens is 224 g/mol. The number of nitrogens with zero attached hydrogens (tertiary/aromatic N) is 2. The number of piperazine rings is 1. The fourth-order valence-corrected chi connectivity index (χ4v) is 2.59. The number of hydrogen-bond acceptors (Lipinski definition) is 3. The normalized spacial score (nSPS) is 21.3. The van der Waals surface area contributed by atoms with Gasteiger partial charge in [-0.3, -0.25) is 4.90 Å². The van der Waals surface area contributed by atoms with Crippen LogP contribution in [0.3, 0.4) is 0 Å². The first kappa shape index (κ1) is 13.4. The number of aliphatic hydroxyl groups excluding tert-OH is 1. The maximum atomic E-state index is 8.90. The number of hydrogen-bond donors (Lipinski definition) is 1. The minimum Gasteiger partial charge on any atom is -0.396 e. The third-order valence-corrected chi connectivity index (χ3v) is 3.77. The Hall–Kier alpha value is -1.06. The molecule has 0 amide bonds. The average Bonchev–Trinajstić information content (AvgIpc) is 2.38. The maximum absolute atomic E-state index is 8.90. The Kier molecular flexibility index (Phi) is 4.61. The van der Waals surface area contributed by atoms with Crippen LogP contribution in [0.25, 0.3) is 0 Å². The van der Waals surface area contributed by atoms with E-state index in [1.165, 1.54) is 11.3 Å². The summed E-state index contributed by atoms with van der Waals surface area (Å²) in [6.45, 7) is 8.96. The molecule has 18 heavy (non-hydrogen) atoms. The number of aryl methyl sites for hydroxylation is 1. The molecule has 1 heterocycles. The molecule has 3 nitrogen and oxygen atoms in total. The Morgan fingerprint density at radius 3 is 2.56 bits per heavy atom. The molecule has 1 aliphatic heterocycles. The summed E-state index contributed by atoms with van der Waals surface area (Å²) < 4.78 is 0. The van der Waals surface area contributed by atoms with Gasteiger partial charge in [0.25, 0.3) is 0 Å². The highest BCUT2D eigenvalue weighted by atomic mass is 16.3. The molecule has 1 aromatic carbocycles. The summed E-state index contributed by atoms with van der Waals surface area (Å²) in [4.78, 5) is 4.93. The van der Waals surface area contributed by atoms with Crippen molar-refractivity contribution in [2.45, 2.75) is 26.3 Å². The zero-order valence-corrected chi connectivity index (χ0v) is 11.5. The Morgan fingerprint density at radius 2 is 1.94 bits per heavy atom. The first-order chi connectivity index (χ1) is 8.70. The van der Waals surface area contributed by atoms with Gasteiger partial charge >= 0.3 is 0 Å². The van der Waals surface area contributed by atoms with E-state index in [1.807, 2.05) is 0 Å². The molecule has 3 heteroatoms. The summed E-state index contributed by atoms with van der Waals surface area (Å²) in [6, 6.07) is 9.35. The minimum absolute atomic E-state index is 0.297. The highest BCUT2D eigenvalue weighted by Gasteiger charge is 2.23. The highest BCUT2D eigenvalue weighted by Crippen LogP contribution is 2.19. The lowest BCUT2D eigenvalue weighted by Crippen LogP contribution is -2.52. The fraction of sp³-hybridized carbons (Fsp3) is 0.600. The van der Waals surface area contributed by atoms with Gasteiger partial charge in [-0.15, -0.1) is 0 Å². The molecule has 1 N–H and O–H groups in total. The van der Waals surface area contributed by atoms with Gasteiger partial charge in [0.2, 0.25) is 0 Å². The Morgan fingerprint density at radius 1 is 1.22 bits per heavy atom. The van der Waals surface area contributed by atoms with Crippen molar-refractivity contribution in [1.29, 1.82) is 0 Å². The summed E-state index contributed by atoms with van der Waals surface area (Å²) in [6.07, 6.45) is 0.884. The molecule has 1 fully saturated rings. The van der Waals surface area contributed by atoms with Gasteiger partial charge < -0.3 is 10.0 Å². The predicted molar refractivity (Wildman–Crippen MR) is 76.1 cm³/mol. The molecule has 0 radical (unpaired) electrons. The summed E-state index contributed by atoms with van der Waals surface area (Å²) >= 11 is 0. The van der Waals surface area contributed by atoms with E-state index in [0.29, 0.717) is 12.6 Å². The van der Waals surface area contributed by atoms with E-state index in [0.717, 1.165) is 32.6 Å². The molecule has 0 aromatic heterocycles. The van der Waals surface area contributed by atoms with Crippen LogP contribution < -0.4 is 4.90 Å². The third-order valence-electron chi connectivity index (χ3n) is 3.77. The summed E-state index contributed by atoms with van der Waals surface area (Å²) in [5.41, 5.74) is 2.64. The summed E-state index contributed by atoms with van der Waals surface area (Å²) in [7, 11) is 0. The largest absolute Gasteiger partial charge is 0.396 e. The maximum Gasteiger partial charge on any atom is 0.0443 e. The topological polar surface area (TPSA) is 26.7 Å². The molecule has 0 saturated carbocycles. The second kappa shape index (κ2) is 6.21. The zero-order chi connectivity index (χ0) is 13.0. The van der Waals surface area contributed by atoms with Crippen molar-refractivity contribution in [2.75, 3.05) is 37.7 Å². The molecule has 0 aliphatic carbocycles. The first-order valence-corrected chi connectivity index (χ1v) is 6.87. The van der Waals surface area contributed by atoms with E-state index in [9.17, 15) is 0 Å². The van der Waals surface area contributed by atoms with E-state index in [4.69, 9.17) is 5.11 Å². The van der Waals surface area contributed by atoms with Crippen molar-refractivity contribution in [3.05, 3.63) is 29.8 Å². The SMILES string of the molecule is Cc1ccc(N2CCN(CCCO)C(C)C2)cc1. The van der Waals surface area contributed by atoms with E-state index in [2.05, 4.69) is 47.9 Å². The van der Waals surface area contributed by atoms with E-state index < -0.39 is 0 Å². The van der Waals surface area contributed by atoms with Crippen molar-refractivity contribution >= 4 is 5.69 Å². The number of rotatable bonds is 4. The van der Waals surface area contributed by atoms with Crippen molar-refractivity contribution in [2.24, 2.45) is 0 Å². The van der Waals surface area contributed by atoms with Crippen LogP contribution in [0.4, 0.5) is 5.69 Å². The van der Waals surface area contributed by atoms with Gasteiger partial charge in [-0.2, -0.15) is 0 Å². The van der Waals surface area contributed by atoms with Gasteiger partial charge in [-0.05, 0) is 32.4 Å². The molecule has 0 spiro atoms. The van der Waals surface area contributed by atoms with Gasteiger partial charge in [0.15, 0.2) is 0 Å². The van der Waals surface area contributed by atoms with Gasteiger partial charge in [0.05, 0.1) is 0 Å². The third kappa shape index (κ3) is 3.24. The van der Waals surface area contributed by atoms with Crippen LogP contribution in [0, 0.1) is 6.92 Å². The van der Waals surface area contributed by atoms with Crippen molar-refractivity contribution in [3.8, 4) is 0 Å². The molecule has 1 saturated heterocycles. The van der Waals surface area contributed by atoms with E-state index >= 15 is 0 Å². The highest BCUT2D eigenvalue weighted by molar-refractivity contribution is 5.48. The van der Waals surface area contributed by atoms with Crippen LogP contribution >= 0.6 is 0 Å². The van der Waals surface area contributed by atoms with Gasteiger partial charge in [-0.25, -0.2) is 0 Å². The number of anilines is 1. The van der Waals surface area contributed by atoms with Gasteiger partial charge in [0, 0.05) is 44.5 Å². The van der Waals surface area contributed by atoms with Gasteiger partial charge in [-0.1, -0.05) is 17.7 Å². The lowest BCUT2D eigenvalue weighted by molar-refractivity contribution is 0.169. The van der Waals surface area contributed by atoms with Gasteiger partial charge in [0.1, 0.15) is 0 Å². The van der Waals surface area contributed by atoms with E-state index in [-0.39, 0.29) is 0 Å². The Balaban J connectivity index is 1.93. The molecule has 0 bridgehead atoms. The molecule has 1 aromatic rings. The van der Waals surface area contributed by atoms with Crippen LogP contribution in [-0.4, -0.2) is 48.8 Å². The van der Waals surface area contributed by atoms with Crippen molar-refractivity contribution < 1.29 is 5.11 Å². The standard InChI is InChI=1S/C15H24N2O/c1-13-4-6-15(7-5-13)17-10-9-16(8-3-11-18)14(2)12-17/h4-7,14,18H,3,8-12H2,1-2H3. The second-order valence-electron chi connectivity index (χ2n) is 5.24. The van der Waals surface area contributed by atoms with Crippen LogP contribution in [-0.2, 0) is 0 Å². The lowest BCUT2D eigenvalue weighted by atomic mass is 10.1. The zero-order valence-electron chi connectivity index (χ0n) is 11.5. The van der Waals surface area contributed by atoms with Crippen LogP contribution in [0.1, 0.15) is 18.9 Å². The van der Waals surface area contributed by atoms with Crippen molar-refractivity contribution in [1.82, 2.24) is 4.90 Å². The monoisotopic (exact) mass is 248 g/mol. The number of aliphatic hydroxyl groups is 1. The van der Waals surface area contributed by atoms with Crippen LogP contribution in [0.5, 0.6) is 0 Å². The first-order valence-electron chi connectivity index (χ1n) is 6.87. The fourth-order valence-electron chi connectivity index (χ4n) is 2.59. The van der Waals surface area contributed by atoms with Crippen LogP contribution in [0.15, 0.2) is 24.3 Å². The molecule has 100 valence electrons. The molecule has 1 unspecified atom stereocenters. The van der Waals surface area contributed by atoms with Crippen LogP contribution in [0.2, 0.25) is 0 Å². The Bertz CT molecular complexity index is 363. The quantitative estimate of drug-likeness (QED) is 0.881. The van der Waals surface area contributed by atoms with E-state index in [1.54, 1.807) is 0 Å².